The number of aromatic nitrogens is 1. The Bertz CT molecular complexity index is 1140. The van der Waals surface area contributed by atoms with Gasteiger partial charge in [0.25, 0.3) is 5.56 Å². The molecule has 1 aliphatic heterocycles. The molecule has 1 aliphatic rings. The van der Waals surface area contributed by atoms with Crippen LogP contribution >= 0.6 is 12.2 Å². The number of thiocarbonyl (C=S) groups is 1. The second-order valence-corrected chi connectivity index (χ2v) is 9.06. The molecule has 33 heavy (non-hydrogen) atoms. The molecule has 6 nitrogen and oxygen atoms in total. The van der Waals surface area contributed by atoms with Gasteiger partial charge in [-0.2, -0.15) is 0 Å². The van der Waals surface area contributed by atoms with Gasteiger partial charge in [0.1, 0.15) is 0 Å². The number of aryl methyl sites for hydroxylation is 1. The lowest BCUT2D eigenvalue weighted by Gasteiger charge is -2.32. The predicted octanol–water partition coefficient (Wildman–Crippen LogP) is 3.61. The Hall–Kier alpha value is -2.74. The summed E-state index contributed by atoms with van der Waals surface area (Å²) in [6.45, 7) is 9.59. The first-order chi connectivity index (χ1) is 16.0. The van der Waals surface area contributed by atoms with Crippen LogP contribution in [-0.4, -0.2) is 59.3 Å². The van der Waals surface area contributed by atoms with E-state index in [0.717, 1.165) is 50.3 Å². The van der Waals surface area contributed by atoms with Gasteiger partial charge in [-0.25, -0.2) is 0 Å². The quantitative estimate of drug-likeness (QED) is 0.521. The van der Waals surface area contributed by atoms with E-state index < -0.39 is 0 Å². The lowest BCUT2D eigenvalue weighted by molar-refractivity contribution is 0.0357. The number of pyridine rings is 1. The molecular weight excluding hydrogens is 432 g/mol. The molecule has 0 spiro atoms. The second-order valence-electron chi connectivity index (χ2n) is 8.67. The van der Waals surface area contributed by atoms with Crippen molar-refractivity contribution >= 4 is 28.2 Å². The fourth-order valence-corrected chi connectivity index (χ4v) is 4.47. The van der Waals surface area contributed by atoms with Gasteiger partial charge >= 0.3 is 0 Å². The molecule has 1 atom stereocenters. The summed E-state index contributed by atoms with van der Waals surface area (Å²) in [7, 11) is 0. The zero-order valence-corrected chi connectivity index (χ0v) is 20.2. The van der Waals surface area contributed by atoms with E-state index in [-0.39, 0.29) is 11.6 Å². The second kappa shape index (κ2) is 10.9. The lowest BCUT2D eigenvalue weighted by Crippen LogP contribution is -2.46. The summed E-state index contributed by atoms with van der Waals surface area (Å²) in [4.78, 5) is 20.4. The van der Waals surface area contributed by atoms with E-state index in [1.54, 1.807) is 0 Å². The van der Waals surface area contributed by atoms with Crippen LogP contribution < -0.4 is 10.9 Å². The lowest BCUT2D eigenvalue weighted by atomic mass is 10.1. The molecule has 0 bridgehead atoms. The number of hydrogen-bond acceptors (Lipinski definition) is 4. The molecule has 3 aromatic rings. The normalized spacial score (nSPS) is 15.3. The van der Waals surface area contributed by atoms with E-state index in [0.29, 0.717) is 17.2 Å². The van der Waals surface area contributed by atoms with Crippen molar-refractivity contribution in [3.8, 4) is 0 Å². The molecule has 1 aromatic heterocycles. The summed E-state index contributed by atoms with van der Waals surface area (Å²) in [5.74, 6) is 0. The number of nitrogens with one attached hydrogen (secondary N) is 2. The van der Waals surface area contributed by atoms with Gasteiger partial charge in [-0.15, -0.1) is 0 Å². The molecule has 0 aliphatic carbocycles. The zero-order valence-electron chi connectivity index (χ0n) is 19.3. The highest BCUT2D eigenvalue weighted by Crippen LogP contribution is 2.16. The summed E-state index contributed by atoms with van der Waals surface area (Å²) in [6, 6.07) is 18.4. The minimum atomic E-state index is -0.0679. The first-order valence-corrected chi connectivity index (χ1v) is 11.9. The monoisotopic (exact) mass is 464 g/mol. The van der Waals surface area contributed by atoms with Gasteiger partial charge in [-0.05, 0) is 55.2 Å². The molecule has 4 rings (SSSR count). The largest absolute Gasteiger partial charge is 0.379 e. The van der Waals surface area contributed by atoms with Crippen LogP contribution in [-0.2, 0) is 11.3 Å². The van der Waals surface area contributed by atoms with Gasteiger partial charge in [0.15, 0.2) is 5.11 Å². The van der Waals surface area contributed by atoms with E-state index in [2.05, 4.69) is 52.1 Å². The Balaban J connectivity index is 1.53. The Labute approximate surface area is 200 Å². The number of benzene rings is 2. The Kier molecular flexibility index (Phi) is 7.75. The molecule has 0 unspecified atom stereocenters. The minimum Gasteiger partial charge on any atom is -0.379 e. The molecule has 7 heteroatoms. The molecule has 174 valence electrons. The predicted molar refractivity (Wildman–Crippen MR) is 138 cm³/mol. The average molecular weight is 465 g/mol. The van der Waals surface area contributed by atoms with Crippen molar-refractivity contribution in [1.29, 1.82) is 0 Å². The van der Waals surface area contributed by atoms with Gasteiger partial charge in [0, 0.05) is 37.3 Å². The maximum atomic E-state index is 12.9. The first kappa shape index (κ1) is 23.4. The summed E-state index contributed by atoms with van der Waals surface area (Å²) in [5.41, 5.74) is 3.84. The van der Waals surface area contributed by atoms with Crippen molar-refractivity contribution in [2.24, 2.45) is 0 Å². The Morgan fingerprint density at radius 3 is 2.70 bits per heavy atom. The Morgan fingerprint density at radius 2 is 1.94 bits per heavy atom. The fraction of sp³-hybridized carbons (Fsp3) is 0.385. The maximum absolute atomic E-state index is 12.9. The summed E-state index contributed by atoms with van der Waals surface area (Å²) in [6.07, 6.45) is 0. The van der Waals surface area contributed by atoms with Crippen molar-refractivity contribution in [2.75, 3.05) is 39.4 Å². The fourth-order valence-electron chi connectivity index (χ4n) is 4.14. The van der Waals surface area contributed by atoms with Crippen LogP contribution in [0.25, 0.3) is 10.9 Å². The van der Waals surface area contributed by atoms with Crippen LogP contribution in [0, 0.1) is 6.92 Å². The highest BCUT2D eigenvalue weighted by molar-refractivity contribution is 7.80. The van der Waals surface area contributed by atoms with Crippen LogP contribution in [0.1, 0.15) is 29.7 Å². The van der Waals surface area contributed by atoms with Crippen molar-refractivity contribution in [2.45, 2.75) is 26.4 Å². The average Bonchev–Trinajstić information content (AvgIpc) is 2.83. The maximum Gasteiger partial charge on any atom is 0.253 e. The van der Waals surface area contributed by atoms with Gasteiger partial charge in [-0.3, -0.25) is 9.69 Å². The van der Waals surface area contributed by atoms with Crippen LogP contribution in [0.5, 0.6) is 0 Å². The van der Waals surface area contributed by atoms with E-state index in [1.807, 2.05) is 36.4 Å². The number of morpholine rings is 1. The topological polar surface area (TPSA) is 60.6 Å². The molecule has 1 saturated heterocycles. The third-order valence-electron chi connectivity index (χ3n) is 6.15. The van der Waals surface area contributed by atoms with E-state index in [4.69, 9.17) is 17.0 Å². The number of aromatic amines is 1. The first-order valence-electron chi connectivity index (χ1n) is 11.5. The number of hydrogen-bond donors (Lipinski definition) is 2. The van der Waals surface area contributed by atoms with Crippen molar-refractivity contribution in [1.82, 2.24) is 20.1 Å². The third kappa shape index (κ3) is 6.19. The van der Waals surface area contributed by atoms with Gasteiger partial charge < -0.3 is 19.9 Å². The molecule has 2 heterocycles. The summed E-state index contributed by atoms with van der Waals surface area (Å²) < 4.78 is 5.48. The van der Waals surface area contributed by atoms with E-state index in [1.165, 1.54) is 11.1 Å². The van der Waals surface area contributed by atoms with Crippen molar-refractivity contribution in [3.05, 3.63) is 81.6 Å². The standard InChI is InChI=1S/C26H32N4O2S/c1-19-8-9-24-22(16-19)17-23(25(31)28-24)18-30(11-10-29-12-14-32-15-13-29)26(33)27-20(2)21-6-4-3-5-7-21/h3-9,16-17,20H,10-15,18H2,1-2H3,(H,27,33)(H,28,31)/t20-/m1/s1. The molecule has 2 aromatic carbocycles. The number of ether oxygens (including phenoxy) is 1. The minimum absolute atomic E-state index is 0.0679. The van der Waals surface area contributed by atoms with Crippen molar-refractivity contribution in [3.63, 3.8) is 0 Å². The van der Waals surface area contributed by atoms with Crippen molar-refractivity contribution < 1.29 is 4.74 Å². The molecule has 2 N–H and O–H groups in total. The molecule has 0 amide bonds. The van der Waals surface area contributed by atoms with Gasteiger partial charge in [-0.1, -0.05) is 42.0 Å². The number of fused-ring (bicyclic) bond motifs is 1. The van der Waals surface area contributed by atoms with Crippen LogP contribution in [0.3, 0.4) is 0 Å². The molecule has 0 saturated carbocycles. The smallest absolute Gasteiger partial charge is 0.253 e. The highest BCUT2D eigenvalue weighted by Gasteiger charge is 2.18. The van der Waals surface area contributed by atoms with Gasteiger partial charge in [0.05, 0.1) is 25.8 Å². The molecular formula is C26H32N4O2S. The van der Waals surface area contributed by atoms with E-state index >= 15 is 0 Å². The SMILES string of the molecule is Cc1ccc2[nH]c(=O)c(CN(CCN3CCOCC3)C(=S)N[C@H](C)c3ccccc3)cc2c1. The van der Waals surface area contributed by atoms with Gasteiger partial charge in [0.2, 0.25) is 0 Å². The molecule has 0 radical (unpaired) electrons. The number of H-pyrrole nitrogens is 1. The summed E-state index contributed by atoms with van der Waals surface area (Å²) in [5, 5.41) is 5.16. The molecule has 1 fully saturated rings. The number of nitrogens with zero attached hydrogens (tertiary/aromatic N) is 2. The highest BCUT2D eigenvalue weighted by atomic mass is 32.1. The Morgan fingerprint density at radius 1 is 1.18 bits per heavy atom. The van der Waals surface area contributed by atoms with Crippen LogP contribution in [0.2, 0.25) is 0 Å². The third-order valence-corrected chi connectivity index (χ3v) is 6.53. The summed E-state index contributed by atoms with van der Waals surface area (Å²) >= 11 is 5.84. The van der Waals surface area contributed by atoms with E-state index in [9.17, 15) is 4.79 Å². The van der Waals surface area contributed by atoms with Crippen LogP contribution in [0.4, 0.5) is 0 Å². The zero-order chi connectivity index (χ0) is 23.2. The van der Waals surface area contributed by atoms with Crippen LogP contribution in [0.15, 0.2) is 59.4 Å². The number of rotatable bonds is 7.